The smallest absolute Gasteiger partial charge is 0.223 e. The van der Waals surface area contributed by atoms with Gasteiger partial charge in [0.25, 0.3) is 0 Å². The molecule has 132 valence electrons. The molecule has 2 amide bonds. The molecule has 0 aromatic carbocycles. The normalized spacial score (nSPS) is 21.4. The van der Waals surface area contributed by atoms with Crippen LogP contribution in [0.5, 0.6) is 0 Å². The van der Waals surface area contributed by atoms with Gasteiger partial charge in [0.2, 0.25) is 11.8 Å². The van der Waals surface area contributed by atoms with Gasteiger partial charge in [0, 0.05) is 36.7 Å². The quantitative estimate of drug-likeness (QED) is 0.858. The maximum absolute atomic E-state index is 12.1. The Kier molecular flexibility index (Phi) is 5.87. The number of nitrogens with one attached hydrogen (secondary N) is 1. The van der Waals surface area contributed by atoms with Gasteiger partial charge in [-0.05, 0) is 32.1 Å². The van der Waals surface area contributed by atoms with Crippen LogP contribution in [0.1, 0.15) is 68.5 Å². The molecule has 1 aliphatic carbocycles. The molecule has 1 N–H and O–H groups in total. The van der Waals surface area contributed by atoms with E-state index in [1.165, 1.54) is 6.42 Å². The minimum Gasteiger partial charge on any atom is -0.350 e. The highest BCUT2D eigenvalue weighted by Gasteiger charge is 2.27. The van der Waals surface area contributed by atoms with Gasteiger partial charge in [0.1, 0.15) is 0 Å². The monoisotopic (exact) mass is 349 g/mol. The summed E-state index contributed by atoms with van der Waals surface area (Å²) < 4.78 is 0. The molecule has 2 heterocycles. The fourth-order valence-electron chi connectivity index (χ4n) is 3.36. The molecule has 0 radical (unpaired) electrons. The molecule has 0 spiro atoms. The SMILES string of the molecule is CCCC(=O)N1CCC[C@@H](c2nc(CNC(=O)C3CCC3)cs2)C1. The number of carbonyl (C=O) groups excluding carboxylic acids is 2. The lowest BCUT2D eigenvalue weighted by Gasteiger charge is -2.31. The largest absolute Gasteiger partial charge is 0.350 e. The Bertz CT molecular complexity index is 583. The number of carbonyl (C=O) groups is 2. The van der Waals surface area contributed by atoms with Crippen LogP contribution in [0.3, 0.4) is 0 Å². The van der Waals surface area contributed by atoms with Crippen LogP contribution < -0.4 is 5.32 Å². The second-order valence-corrected chi connectivity index (χ2v) is 7.84. The lowest BCUT2D eigenvalue weighted by Crippen LogP contribution is -2.38. The molecule has 1 atom stereocenters. The Morgan fingerprint density at radius 3 is 2.88 bits per heavy atom. The van der Waals surface area contributed by atoms with Crippen LogP contribution in [-0.2, 0) is 16.1 Å². The van der Waals surface area contributed by atoms with Gasteiger partial charge >= 0.3 is 0 Å². The van der Waals surface area contributed by atoms with E-state index in [1.54, 1.807) is 11.3 Å². The van der Waals surface area contributed by atoms with Crippen LogP contribution in [0.25, 0.3) is 0 Å². The minimum atomic E-state index is 0.171. The van der Waals surface area contributed by atoms with E-state index in [4.69, 9.17) is 4.98 Å². The standard InChI is InChI=1S/C18H27N3O2S/c1-2-5-16(22)21-9-4-8-14(11-21)18-20-15(12-24-18)10-19-17(23)13-6-3-7-13/h12-14H,2-11H2,1H3,(H,19,23)/t14-/m1/s1. The molecule has 1 saturated carbocycles. The van der Waals surface area contributed by atoms with E-state index in [9.17, 15) is 9.59 Å². The second-order valence-electron chi connectivity index (χ2n) is 6.95. The van der Waals surface area contributed by atoms with Crippen molar-refractivity contribution in [3.05, 3.63) is 16.1 Å². The average Bonchev–Trinajstić information content (AvgIpc) is 3.01. The van der Waals surface area contributed by atoms with Crippen molar-refractivity contribution in [1.82, 2.24) is 15.2 Å². The van der Waals surface area contributed by atoms with Crippen LogP contribution >= 0.6 is 11.3 Å². The lowest BCUT2D eigenvalue weighted by molar-refractivity contribution is -0.132. The maximum Gasteiger partial charge on any atom is 0.223 e. The molecule has 1 aromatic heterocycles. The molecule has 1 aromatic rings. The zero-order valence-electron chi connectivity index (χ0n) is 14.4. The van der Waals surface area contributed by atoms with E-state index in [1.807, 2.05) is 17.2 Å². The summed E-state index contributed by atoms with van der Waals surface area (Å²) in [6, 6.07) is 0. The summed E-state index contributed by atoms with van der Waals surface area (Å²) in [5.41, 5.74) is 0.944. The topological polar surface area (TPSA) is 62.3 Å². The van der Waals surface area contributed by atoms with Crippen LogP contribution in [0.15, 0.2) is 5.38 Å². The fraction of sp³-hybridized carbons (Fsp3) is 0.722. The Labute approximate surface area is 147 Å². The maximum atomic E-state index is 12.1. The number of amides is 2. The van der Waals surface area contributed by atoms with Gasteiger partial charge in [-0.1, -0.05) is 13.3 Å². The van der Waals surface area contributed by atoms with Gasteiger partial charge < -0.3 is 10.2 Å². The lowest BCUT2D eigenvalue weighted by atomic mass is 9.85. The highest BCUT2D eigenvalue weighted by atomic mass is 32.1. The molecule has 0 unspecified atom stereocenters. The summed E-state index contributed by atoms with van der Waals surface area (Å²) in [5.74, 6) is 1.01. The third-order valence-corrected chi connectivity index (χ3v) is 6.13. The molecule has 0 bridgehead atoms. The third kappa shape index (κ3) is 4.15. The molecular weight excluding hydrogens is 322 g/mol. The van der Waals surface area contributed by atoms with E-state index < -0.39 is 0 Å². The molecule has 1 aliphatic heterocycles. The van der Waals surface area contributed by atoms with Crippen LogP contribution in [0.2, 0.25) is 0 Å². The molecule has 3 rings (SSSR count). The first-order valence-electron chi connectivity index (χ1n) is 9.17. The predicted molar refractivity (Wildman–Crippen MR) is 94.8 cm³/mol. The molecule has 6 heteroatoms. The Morgan fingerprint density at radius 1 is 1.33 bits per heavy atom. The van der Waals surface area contributed by atoms with Gasteiger partial charge in [-0.15, -0.1) is 11.3 Å². The summed E-state index contributed by atoms with van der Waals surface area (Å²) in [6.07, 6.45) is 6.92. The number of aromatic nitrogens is 1. The fourth-order valence-corrected chi connectivity index (χ4v) is 4.31. The van der Waals surface area contributed by atoms with E-state index in [2.05, 4.69) is 5.32 Å². The summed E-state index contributed by atoms with van der Waals surface area (Å²) >= 11 is 1.66. The second kappa shape index (κ2) is 8.10. The third-order valence-electron chi connectivity index (χ3n) is 5.08. The molecule has 24 heavy (non-hydrogen) atoms. The average molecular weight is 350 g/mol. The summed E-state index contributed by atoms with van der Waals surface area (Å²) in [5, 5.41) is 6.15. The van der Waals surface area contributed by atoms with Crippen molar-refractivity contribution in [1.29, 1.82) is 0 Å². The Hall–Kier alpha value is -1.43. The van der Waals surface area contributed by atoms with Crippen molar-refractivity contribution < 1.29 is 9.59 Å². The van der Waals surface area contributed by atoms with E-state index >= 15 is 0 Å². The van der Waals surface area contributed by atoms with Gasteiger partial charge in [-0.25, -0.2) is 4.98 Å². The predicted octanol–water partition coefficient (Wildman–Crippen LogP) is 3.07. The summed E-state index contributed by atoms with van der Waals surface area (Å²) in [7, 11) is 0. The molecule has 2 aliphatic rings. The molecule has 5 nitrogen and oxygen atoms in total. The first kappa shape index (κ1) is 17.4. The zero-order chi connectivity index (χ0) is 16.9. The van der Waals surface area contributed by atoms with Crippen molar-refractivity contribution in [2.45, 2.75) is 64.3 Å². The number of hydrogen-bond acceptors (Lipinski definition) is 4. The Morgan fingerprint density at radius 2 is 2.17 bits per heavy atom. The van der Waals surface area contributed by atoms with Crippen molar-refractivity contribution in [2.75, 3.05) is 13.1 Å². The first-order chi connectivity index (χ1) is 11.7. The number of piperidine rings is 1. The molecule has 2 fully saturated rings. The van der Waals surface area contributed by atoms with Crippen LogP contribution in [-0.4, -0.2) is 34.8 Å². The van der Waals surface area contributed by atoms with Gasteiger partial charge in [-0.3, -0.25) is 9.59 Å². The molecule has 1 saturated heterocycles. The molecular formula is C18H27N3O2S. The summed E-state index contributed by atoms with van der Waals surface area (Å²) in [4.78, 5) is 30.7. The Balaban J connectivity index is 1.52. The van der Waals surface area contributed by atoms with Gasteiger partial charge in [-0.2, -0.15) is 0 Å². The van der Waals surface area contributed by atoms with Crippen LogP contribution in [0.4, 0.5) is 0 Å². The van der Waals surface area contributed by atoms with Crippen molar-refractivity contribution in [3.63, 3.8) is 0 Å². The van der Waals surface area contributed by atoms with E-state index in [0.29, 0.717) is 18.9 Å². The number of nitrogens with zero attached hydrogens (tertiary/aromatic N) is 2. The highest BCUT2D eigenvalue weighted by molar-refractivity contribution is 7.09. The first-order valence-corrected chi connectivity index (χ1v) is 10.0. The number of likely N-dealkylation sites (tertiary alicyclic amines) is 1. The van der Waals surface area contributed by atoms with Crippen LogP contribution in [0, 0.1) is 5.92 Å². The van der Waals surface area contributed by atoms with Gasteiger partial charge in [0.05, 0.1) is 17.2 Å². The summed E-state index contributed by atoms with van der Waals surface area (Å²) in [6.45, 7) is 4.24. The highest BCUT2D eigenvalue weighted by Crippen LogP contribution is 2.30. The van der Waals surface area contributed by atoms with Crippen molar-refractivity contribution in [3.8, 4) is 0 Å². The number of thiazole rings is 1. The minimum absolute atomic E-state index is 0.171. The van der Waals surface area contributed by atoms with Crippen molar-refractivity contribution >= 4 is 23.2 Å². The number of rotatable bonds is 6. The van der Waals surface area contributed by atoms with Crippen molar-refractivity contribution in [2.24, 2.45) is 5.92 Å². The van der Waals surface area contributed by atoms with E-state index in [-0.39, 0.29) is 17.7 Å². The number of hydrogen-bond donors (Lipinski definition) is 1. The van der Waals surface area contributed by atoms with E-state index in [0.717, 1.165) is 55.9 Å². The van der Waals surface area contributed by atoms with Gasteiger partial charge in [0.15, 0.2) is 0 Å². The zero-order valence-corrected chi connectivity index (χ0v) is 15.2.